The zero-order chi connectivity index (χ0) is 17.8. The van der Waals surface area contributed by atoms with Gasteiger partial charge in [0.25, 0.3) is 11.8 Å². The van der Waals surface area contributed by atoms with E-state index in [2.05, 4.69) is 16.4 Å². The number of para-hydroxylation sites is 1. The monoisotopic (exact) mass is 337 g/mol. The molecule has 5 nitrogen and oxygen atoms in total. The van der Waals surface area contributed by atoms with Gasteiger partial charge < -0.3 is 10.2 Å². The number of amides is 2. The first-order chi connectivity index (χ1) is 12.1. The summed E-state index contributed by atoms with van der Waals surface area (Å²) in [5.41, 5.74) is 2.69. The summed E-state index contributed by atoms with van der Waals surface area (Å²) in [6.07, 6.45) is 1.91. The van der Waals surface area contributed by atoms with Gasteiger partial charge in [0, 0.05) is 18.8 Å². The molecule has 0 atom stereocenters. The number of aromatic nitrogens is 1. The van der Waals surface area contributed by atoms with Crippen molar-refractivity contribution in [2.75, 3.05) is 18.0 Å². The lowest BCUT2D eigenvalue weighted by molar-refractivity contribution is 0.0943. The summed E-state index contributed by atoms with van der Waals surface area (Å²) in [6.45, 7) is 5.31. The number of hydrogen-bond acceptors (Lipinski definition) is 3. The molecule has 1 aliphatic rings. The lowest BCUT2D eigenvalue weighted by Crippen LogP contribution is -2.36. The molecule has 0 spiro atoms. The number of benzene rings is 1. The summed E-state index contributed by atoms with van der Waals surface area (Å²) in [5.74, 6) is -0.0494. The van der Waals surface area contributed by atoms with Crippen LogP contribution in [0.2, 0.25) is 0 Å². The van der Waals surface area contributed by atoms with Gasteiger partial charge >= 0.3 is 0 Å². The molecular weight excluding hydrogens is 314 g/mol. The highest BCUT2D eigenvalue weighted by Crippen LogP contribution is 2.27. The van der Waals surface area contributed by atoms with Crippen LogP contribution in [-0.2, 0) is 6.42 Å². The quantitative estimate of drug-likeness (QED) is 0.933. The van der Waals surface area contributed by atoms with Gasteiger partial charge in [-0.25, -0.2) is 4.98 Å². The van der Waals surface area contributed by atoms with Crippen molar-refractivity contribution in [2.24, 2.45) is 5.92 Å². The lowest BCUT2D eigenvalue weighted by Gasteiger charge is -2.29. The standard InChI is InChI=1S/C20H23N3O2/c1-14(2)13-21-19(24)16-9-5-10-17(22-16)20(25)23-12-6-8-15-7-3-4-11-18(15)23/h3-5,7,9-11,14H,6,8,12-13H2,1-2H3,(H,21,24). The van der Waals surface area contributed by atoms with Crippen LogP contribution in [-0.4, -0.2) is 29.9 Å². The molecule has 0 radical (unpaired) electrons. The second-order valence-corrected chi connectivity index (χ2v) is 6.70. The fourth-order valence-corrected chi connectivity index (χ4v) is 2.95. The third-order valence-corrected chi connectivity index (χ3v) is 4.23. The van der Waals surface area contributed by atoms with Crippen LogP contribution in [0.4, 0.5) is 5.69 Å². The topological polar surface area (TPSA) is 62.3 Å². The Morgan fingerprint density at radius 3 is 2.68 bits per heavy atom. The minimum atomic E-state index is -0.248. The van der Waals surface area contributed by atoms with Gasteiger partial charge in [-0.15, -0.1) is 0 Å². The molecule has 0 bridgehead atoms. The molecule has 1 aliphatic heterocycles. The Bertz CT molecular complexity index is 786. The molecule has 2 amide bonds. The molecule has 0 aliphatic carbocycles. The molecule has 5 heteroatoms. The van der Waals surface area contributed by atoms with Crippen LogP contribution in [0.5, 0.6) is 0 Å². The molecule has 2 heterocycles. The van der Waals surface area contributed by atoms with Gasteiger partial charge in [0.15, 0.2) is 0 Å². The first-order valence-electron chi connectivity index (χ1n) is 8.71. The normalized spacial score (nSPS) is 13.5. The zero-order valence-electron chi connectivity index (χ0n) is 14.7. The Kier molecular flexibility index (Phi) is 5.12. The van der Waals surface area contributed by atoms with Crippen LogP contribution in [0.25, 0.3) is 0 Å². The van der Waals surface area contributed by atoms with E-state index in [-0.39, 0.29) is 17.5 Å². The van der Waals surface area contributed by atoms with E-state index in [1.807, 2.05) is 32.0 Å². The van der Waals surface area contributed by atoms with Crippen LogP contribution in [0, 0.1) is 5.92 Å². The van der Waals surface area contributed by atoms with Gasteiger partial charge in [-0.05, 0) is 42.5 Å². The first-order valence-corrected chi connectivity index (χ1v) is 8.71. The van der Waals surface area contributed by atoms with Crippen molar-refractivity contribution in [1.82, 2.24) is 10.3 Å². The molecule has 3 rings (SSSR count). The van der Waals surface area contributed by atoms with Crippen molar-refractivity contribution < 1.29 is 9.59 Å². The number of nitrogens with one attached hydrogen (secondary N) is 1. The molecule has 0 saturated carbocycles. The number of carbonyl (C=O) groups excluding carboxylic acids is 2. The summed E-state index contributed by atoms with van der Waals surface area (Å²) < 4.78 is 0. The average Bonchev–Trinajstić information content (AvgIpc) is 2.65. The van der Waals surface area contributed by atoms with Crippen molar-refractivity contribution in [3.63, 3.8) is 0 Å². The molecule has 0 unspecified atom stereocenters. The number of anilines is 1. The number of pyridine rings is 1. The minimum Gasteiger partial charge on any atom is -0.350 e. The highest BCUT2D eigenvalue weighted by atomic mass is 16.2. The largest absolute Gasteiger partial charge is 0.350 e. The number of hydrogen-bond donors (Lipinski definition) is 1. The highest BCUT2D eigenvalue weighted by molar-refractivity contribution is 6.06. The Morgan fingerprint density at radius 2 is 1.88 bits per heavy atom. The fraction of sp³-hybridized carbons (Fsp3) is 0.350. The van der Waals surface area contributed by atoms with Gasteiger partial charge in [0.05, 0.1) is 0 Å². The maximum absolute atomic E-state index is 12.9. The van der Waals surface area contributed by atoms with Gasteiger partial charge in [-0.3, -0.25) is 9.59 Å². The van der Waals surface area contributed by atoms with Crippen LogP contribution >= 0.6 is 0 Å². The van der Waals surface area contributed by atoms with E-state index in [0.717, 1.165) is 18.5 Å². The van der Waals surface area contributed by atoms with Crippen molar-refractivity contribution in [2.45, 2.75) is 26.7 Å². The predicted octanol–water partition coefficient (Wildman–Crippen LogP) is 3.06. The number of carbonyl (C=O) groups is 2. The molecule has 130 valence electrons. The average molecular weight is 337 g/mol. The van der Waals surface area contributed by atoms with E-state index in [1.54, 1.807) is 23.1 Å². The van der Waals surface area contributed by atoms with E-state index >= 15 is 0 Å². The van der Waals surface area contributed by atoms with Gasteiger partial charge in [0.2, 0.25) is 0 Å². The first kappa shape index (κ1) is 17.1. The Labute approximate surface area is 148 Å². The Morgan fingerprint density at radius 1 is 1.12 bits per heavy atom. The van der Waals surface area contributed by atoms with E-state index < -0.39 is 0 Å². The highest BCUT2D eigenvalue weighted by Gasteiger charge is 2.24. The van der Waals surface area contributed by atoms with Crippen LogP contribution in [0.3, 0.4) is 0 Å². The molecule has 25 heavy (non-hydrogen) atoms. The third kappa shape index (κ3) is 3.87. The summed E-state index contributed by atoms with van der Waals surface area (Å²) in [7, 11) is 0. The van der Waals surface area contributed by atoms with Crippen molar-refractivity contribution in [1.29, 1.82) is 0 Å². The number of nitrogens with zero attached hydrogens (tertiary/aromatic N) is 2. The maximum atomic E-state index is 12.9. The second-order valence-electron chi connectivity index (χ2n) is 6.70. The van der Waals surface area contributed by atoms with Crippen LogP contribution in [0.15, 0.2) is 42.5 Å². The van der Waals surface area contributed by atoms with E-state index in [4.69, 9.17) is 0 Å². The molecule has 0 fully saturated rings. The SMILES string of the molecule is CC(C)CNC(=O)c1cccc(C(=O)N2CCCc3ccccc32)n1. The summed E-state index contributed by atoms with van der Waals surface area (Å²) >= 11 is 0. The number of aryl methyl sites for hydroxylation is 1. The van der Waals surface area contributed by atoms with Crippen molar-refractivity contribution in [3.8, 4) is 0 Å². The van der Waals surface area contributed by atoms with Crippen molar-refractivity contribution in [3.05, 3.63) is 59.4 Å². The zero-order valence-corrected chi connectivity index (χ0v) is 14.7. The summed E-state index contributed by atoms with van der Waals surface area (Å²) in [4.78, 5) is 31.2. The van der Waals surface area contributed by atoms with E-state index in [0.29, 0.717) is 24.7 Å². The summed E-state index contributed by atoms with van der Waals surface area (Å²) in [5, 5.41) is 2.83. The predicted molar refractivity (Wildman–Crippen MR) is 97.8 cm³/mol. The summed E-state index contributed by atoms with van der Waals surface area (Å²) in [6, 6.07) is 13.0. The van der Waals surface area contributed by atoms with E-state index in [1.165, 1.54) is 5.56 Å². The minimum absolute atomic E-state index is 0.161. The van der Waals surface area contributed by atoms with Crippen LogP contribution in [0.1, 0.15) is 46.8 Å². The molecule has 2 aromatic rings. The van der Waals surface area contributed by atoms with Gasteiger partial charge in [0.1, 0.15) is 11.4 Å². The lowest BCUT2D eigenvalue weighted by atomic mass is 10.0. The van der Waals surface area contributed by atoms with Gasteiger partial charge in [-0.2, -0.15) is 0 Å². The van der Waals surface area contributed by atoms with Gasteiger partial charge in [-0.1, -0.05) is 38.1 Å². The number of fused-ring (bicyclic) bond motifs is 1. The Balaban J connectivity index is 1.82. The molecular formula is C20H23N3O2. The molecule has 1 N–H and O–H groups in total. The third-order valence-electron chi connectivity index (χ3n) is 4.23. The molecule has 1 aromatic carbocycles. The smallest absolute Gasteiger partial charge is 0.276 e. The maximum Gasteiger partial charge on any atom is 0.276 e. The molecule has 1 aromatic heterocycles. The second kappa shape index (κ2) is 7.47. The molecule has 0 saturated heterocycles. The fourth-order valence-electron chi connectivity index (χ4n) is 2.95. The van der Waals surface area contributed by atoms with Crippen molar-refractivity contribution >= 4 is 17.5 Å². The van der Waals surface area contributed by atoms with Crippen LogP contribution < -0.4 is 10.2 Å². The van der Waals surface area contributed by atoms with E-state index in [9.17, 15) is 9.59 Å². The Hall–Kier alpha value is -2.69. The number of rotatable bonds is 4.